The molecule has 2 nitrogen and oxygen atoms in total. The fourth-order valence-corrected chi connectivity index (χ4v) is 3.49. The van der Waals surface area contributed by atoms with Crippen LogP contribution in [-0.4, -0.2) is 5.11 Å². The van der Waals surface area contributed by atoms with Crippen molar-refractivity contribution in [2.75, 3.05) is 0 Å². The Hall–Kier alpha value is -0.910. The van der Waals surface area contributed by atoms with Gasteiger partial charge in [0, 0.05) is 13.1 Å². The Morgan fingerprint density at radius 3 is 1.86 bits per heavy atom. The second kappa shape index (κ2) is 6.90. The van der Waals surface area contributed by atoms with Crippen molar-refractivity contribution in [3.63, 3.8) is 0 Å². The van der Waals surface area contributed by atoms with Crippen molar-refractivity contribution in [2.45, 2.75) is 26.9 Å². The molecule has 0 heterocycles. The third-order valence-electron chi connectivity index (χ3n) is 3.23. The molecule has 0 saturated carbocycles. The van der Waals surface area contributed by atoms with Crippen LogP contribution in [-0.2, 0) is 13.1 Å². The number of halogens is 3. The van der Waals surface area contributed by atoms with Gasteiger partial charge >= 0.3 is 0 Å². The van der Waals surface area contributed by atoms with E-state index in [1.54, 1.807) is 13.8 Å². The van der Waals surface area contributed by atoms with Gasteiger partial charge in [-0.15, -0.1) is 0 Å². The van der Waals surface area contributed by atoms with Gasteiger partial charge in [-0.3, -0.25) is 0 Å². The highest BCUT2D eigenvalue weighted by Crippen LogP contribution is 2.33. The maximum atomic E-state index is 13.6. The van der Waals surface area contributed by atoms with Crippen molar-refractivity contribution < 1.29 is 9.50 Å². The van der Waals surface area contributed by atoms with Gasteiger partial charge in [-0.05, 0) is 80.1 Å². The summed E-state index contributed by atoms with van der Waals surface area (Å²) in [7, 11) is 0. The summed E-state index contributed by atoms with van der Waals surface area (Å²) in [5, 5.41) is 13.0. The zero-order valence-electron chi connectivity index (χ0n) is 11.8. The van der Waals surface area contributed by atoms with Gasteiger partial charge in [0.15, 0.2) is 0 Å². The molecule has 0 bridgehead atoms. The Kier molecular flexibility index (Phi) is 5.41. The lowest BCUT2D eigenvalue weighted by molar-refractivity contribution is 0.468. The first-order chi connectivity index (χ1) is 9.88. The van der Waals surface area contributed by atoms with E-state index >= 15 is 0 Å². The standard InChI is InChI=1S/C16H16Br2FNO/c1-9-3-11(4-10(2)15(9)19)7-20-8-12-5-13(17)16(21)14(18)6-12/h3-6,20-21H,7-8H2,1-2H3. The van der Waals surface area contributed by atoms with Crippen LogP contribution in [0.15, 0.2) is 33.2 Å². The highest BCUT2D eigenvalue weighted by molar-refractivity contribution is 9.11. The van der Waals surface area contributed by atoms with Crippen LogP contribution >= 0.6 is 31.9 Å². The topological polar surface area (TPSA) is 32.3 Å². The molecule has 0 radical (unpaired) electrons. The van der Waals surface area contributed by atoms with Gasteiger partial charge < -0.3 is 10.4 Å². The number of nitrogens with one attached hydrogen (secondary N) is 1. The normalized spacial score (nSPS) is 10.9. The molecular weight excluding hydrogens is 401 g/mol. The highest BCUT2D eigenvalue weighted by atomic mass is 79.9. The Morgan fingerprint density at radius 1 is 0.952 bits per heavy atom. The van der Waals surface area contributed by atoms with Gasteiger partial charge in [0.05, 0.1) is 8.95 Å². The molecule has 0 aromatic heterocycles. The Bertz CT molecular complexity index is 570. The molecule has 0 saturated heterocycles. The summed E-state index contributed by atoms with van der Waals surface area (Å²) in [6.45, 7) is 4.88. The molecule has 2 N–H and O–H groups in total. The molecule has 2 aromatic carbocycles. The van der Waals surface area contributed by atoms with E-state index in [1.165, 1.54) is 0 Å². The molecule has 2 rings (SSSR count). The molecule has 112 valence electrons. The summed E-state index contributed by atoms with van der Waals surface area (Å²) in [6.07, 6.45) is 0. The van der Waals surface area contributed by atoms with E-state index in [1.807, 2.05) is 24.3 Å². The van der Waals surface area contributed by atoms with E-state index in [0.717, 1.165) is 11.1 Å². The molecule has 0 unspecified atom stereocenters. The predicted octanol–water partition coefficient (Wildman–Crippen LogP) is 4.96. The number of hydrogen-bond acceptors (Lipinski definition) is 2. The molecule has 0 aliphatic heterocycles. The van der Waals surface area contributed by atoms with E-state index in [0.29, 0.717) is 33.2 Å². The zero-order valence-corrected chi connectivity index (χ0v) is 15.0. The van der Waals surface area contributed by atoms with Crippen molar-refractivity contribution in [2.24, 2.45) is 0 Å². The lowest BCUT2D eigenvalue weighted by atomic mass is 10.1. The third-order valence-corrected chi connectivity index (χ3v) is 4.44. The zero-order chi connectivity index (χ0) is 15.6. The highest BCUT2D eigenvalue weighted by Gasteiger charge is 2.07. The molecular formula is C16H16Br2FNO. The number of phenolic OH excluding ortho intramolecular Hbond substituents is 1. The van der Waals surface area contributed by atoms with Crippen molar-refractivity contribution in [1.29, 1.82) is 0 Å². The van der Waals surface area contributed by atoms with Gasteiger partial charge in [0.1, 0.15) is 11.6 Å². The lowest BCUT2D eigenvalue weighted by Gasteiger charge is -2.10. The second-order valence-electron chi connectivity index (χ2n) is 5.06. The molecule has 21 heavy (non-hydrogen) atoms. The number of rotatable bonds is 4. The Balaban J connectivity index is 2.02. The summed E-state index contributed by atoms with van der Waals surface area (Å²) in [5.41, 5.74) is 3.44. The van der Waals surface area contributed by atoms with Crippen LogP contribution < -0.4 is 5.32 Å². The van der Waals surface area contributed by atoms with E-state index in [4.69, 9.17) is 0 Å². The molecule has 0 spiro atoms. The van der Waals surface area contributed by atoms with E-state index in [9.17, 15) is 9.50 Å². The largest absolute Gasteiger partial charge is 0.506 e. The average Bonchev–Trinajstić information content (AvgIpc) is 2.42. The van der Waals surface area contributed by atoms with Crippen LogP contribution in [0.3, 0.4) is 0 Å². The van der Waals surface area contributed by atoms with Crippen LogP contribution in [0.1, 0.15) is 22.3 Å². The fraction of sp³-hybridized carbons (Fsp3) is 0.250. The van der Waals surface area contributed by atoms with Crippen LogP contribution in [0.2, 0.25) is 0 Å². The summed E-state index contributed by atoms with van der Waals surface area (Å²) in [4.78, 5) is 0. The van der Waals surface area contributed by atoms with E-state index < -0.39 is 0 Å². The summed E-state index contributed by atoms with van der Waals surface area (Å²) in [6, 6.07) is 7.46. The lowest BCUT2D eigenvalue weighted by Crippen LogP contribution is -2.13. The molecule has 0 aliphatic carbocycles. The summed E-state index contributed by atoms with van der Waals surface area (Å²) >= 11 is 6.62. The van der Waals surface area contributed by atoms with Crippen LogP contribution in [0.5, 0.6) is 5.75 Å². The SMILES string of the molecule is Cc1cc(CNCc2cc(Br)c(O)c(Br)c2)cc(C)c1F. The van der Waals surface area contributed by atoms with Crippen LogP contribution in [0, 0.1) is 19.7 Å². The van der Waals surface area contributed by atoms with Crippen molar-refractivity contribution in [3.8, 4) is 5.75 Å². The average molecular weight is 417 g/mol. The number of aromatic hydroxyl groups is 1. The fourth-order valence-electron chi connectivity index (χ4n) is 2.21. The van der Waals surface area contributed by atoms with Crippen LogP contribution in [0.25, 0.3) is 0 Å². The van der Waals surface area contributed by atoms with Crippen LogP contribution in [0.4, 0.5) is 4.39 Å². The minimum absolute atomic E-state index is 0.134. The third kappa shape index (κ3) is 4.05. The second-order valence-corrected chi connectivity index (χ2v) is 6.76. The van der Waals surface area contributed by atoms with Crippen molar-refractivity contribution >= 4 is 31.9 Å². The van der Waals surface area contributed by atoms with Gasteiger partial charge in [-0.25, -0.2) is 4.39 Å². The number of hydrogen-bond donors (Lipinski definition) is 2. The predicted molar refractivity (Wildman–Crippen MR) is 89.9 cm³/mol. The van der Waals surface area contributed by atoms with Gasteiger partial charge in [0.2, 0.25) is 0 Å². The van der Waals surface area contributed by atoms with Gasteiger partial charge in [-0.2, -0.15) is 0 Å². The number of aryl methyl sites for hydroxylation is 2. The maximum absolute atomic E-state index is 13.6. The summed E-state index contributed by atoms with van der Waals surface area (Å²) < 4.78 is 14.9. The Morgan fingerprint density at radius 2 is 1.38 bits per heavy atom. The monoisotopic (exact) mass is 415 g/mol. The molecule has 0 atom stereocenters. The first-order valence-corrected chi connectivity index (χ1v) is 8.10. The first-order valence-electron chi connectivity index (χ1n) is 6.51. The number of benzene rings is 2. The minimum Gasteiger partial charge on any atom is -0.506 e. The van der Waals surface area contributed by atoms with Gasteiger partial charge in [-0.1, -0.05) is 12.1 Å². The molecule has 5 heteroatoms. The van der Waals surface area contributed by atoms with E-state index in [2.05, 4.69) is 37.2 Å². The Labute approximate surface area is 140 Å². The molecule has 2 aromatic rings. The van der Waals surface area contributed by atoms with Gasteiger partial charge in [0.25, 0.3) is 0 Å². The first kappa shape index (κ1) is 16.5. The number of phenols is 1. The minimum atomic E-state index is -0.134. The smallest absolute Gasteiger partial charge is 0.143 e. The summed E-state index contributed by atoms with van der Waals surface area (Å²) in [5.74, 6) is 0.0636. The van der Waals surface area contributed by atoms with Crippen molar-refractivity contribution in [3.05, 3.63) is 61.3 Å². The molecule has 0 amide bonds. The maximum Gasteiger partial charge on any atom is 0.143 e. The molecule has 0 fully saturated rings. The van der Waals surface area contributed by atoms with E-state index in [-0.39, 0.29) is 11.6 Å². The molecule has 0 aliphatic rings. The van der Waals surface area contributed by atoms with Crippen molar-refractivity contribution in [1.82, 2.24) is 5.32 Å². The quantitative estimate of drug-likeness (QED) is 0.737.